The Hall–Kier alpha value is -0.680. The molecule has 6 atom stereocenters. The molecule has 0 aromatic heterocycles. The van der Waals surface area contributed by atoms with Crippen LogP contribution in [0.15, 0.2) is 10.5 Å². The van der Waals surface area contributed by atoms with E-state index in [-0.39, 0.29) is 28.8 Å². The van der Waals surface area contributed by atoms with Gasteiger partial charge in [0.15, 0.2) is 0 Å². The summed E-state index contributed by atoms with van der Waals surface area (Å²) in [6.45, 7) is 4.52. The number of aliphatic hydroxyl groups is 1. The zero-order chi connectivity index (χ0) is 19.4. The van der Waals surface area contributed by atoms with E-state index in [0.29, 0.717) is 24.0 Å². The maximum Gasteiger partial charge on any atom is 0.309 e. The number of esters is 1. The van der Waals surface area contributed by atoms with Crippen molar-refractivity contribution in [3.05, 3.63) is 10.5 Å². The molecule has 27 heavy (non-hydrogen) atoms. The highest BCUT2D eigenvalue weighted by Crippen LogP contribution is 2.66. The van der Waals surface area contributed by atoms with Crippen LogP contribution in [0.25, 0.3) is 0 Å². The van der Waals surface area contributed by atoms with Crippen LogP contribution in [0.3, 0.4) is 0 Å². The molecule has 1 N–H and O–H groups in total. The highest BCUT2D eigenvalue weighted by molar-refractivity contribution is 7.89. The van der Waals surface area contributed by atoms with Crippen LogP contribution < -0.4 is 0 Å². The number of ether oxygens (including phenoxy) is 1. The summed E-state index contributed by atoms with van der Waals surface area (Å²) in [5.74, 6) is 1.17. The average Bonchev–Trinajstić information content (AvgIpc) is 3.00. The van der Waals surface area contributed by atoms with Gasteiger partial charge in [-0.2, -0.15) is 0 Å². The summed E-state index contributed by atoms with van der Waals surface area (Å²) in [5.41, 5.74) is 1.17. The summed E-state index contributed by atoms with van der Waals surface area (Å²) in [5, 5.41) is 10.8. The van der Waals surface area contributed by atoms with Crippen LogP contribution in [-0.2, 0) is 20.3 Å². The van der Waals surface area contributed by atoms with E-state index in [1.807, 2.05) is 0 Å². The van der Waals surface area contributed by atoms with Crippen molar-refractivity contribution in [1.29, 1.82) is 0 Å². The van der Waals surface area contributed by atoms with E-state index < -0.39 is 10.8 Å². The number of carbonyl (C=O) groups is 1. The molecule has 4 nitrogen and oxygen atoms in total. The Kier molecular flexibility index (Phi) is 5.07. The number of hydrogen-bond acceptors (Lipinski definition) is 4. The smallest absolute Gasteiger partial charge is 0.309 e. The molecule has 4 aliphatic carbocycles. The van der Waals surface area contributed by atoms with E-state index in [1.165, 1.54) is 19.1 Å². The van der Waals surface area contributed by atoms with Crippen LogP contribution in [0.2, 0.25) is 0 Å². The van der Waals surface area contributed by atoms with Crippen LogP contribution in [0.5, 0.6) is 0 Å². The van der Waals surface area contributed by atoms with Crippen molar-refractivity contribution in [2.75, 3.05) is 12.9 Å². The molecular weight excluding hydrogens is 360 g/mol. The second-order valence-corrected chi connectivity index (χ2v) is 11.4. The molecule has 3 saturated carbocycles. The molecule has 1 unspecified atom stereocenters. The van der Waals surface area contributed by atoms with Crippen molar-refractivity contribution >= 4 is 16.8 Å². The van der Waals surface area contributed by atoms with Crippen molar-refractivity contribution in [2.45, 2.75) is 77.7 Å². The van der Waals surface area contributed by atoms with Crippen molar-refractivity contribution in [3.63, 3.8) is 0 Å². The van der Waals surface area contributed by atoms with Crippen LogP contribution in [0.4, 0.5) is 0 Å². The van der Waals surface area contributed by atoms with E-state index in [4.69, 9.17) is 4.74 Å². The monoisotopic (exact) mass is 394 g/mol. The fourth-order valence-corrected chi connectivity index (χ4v) is 9.08. The molecule has 0 amide bonds. The highest BCUT2D eigenvalue weighted by atomic mass is 32.2. The zero-order valence-corrected chi connectivity index (χ0v) is 17.8. The van der Waals surface area contributed by atoms with Gasteiger partial charge in [0.2, 0.25) is 0 Å². The molecule has 0 heterocycles. The van der Waals surface area contributed by atoms with E-state index in [9.17, 15) is 14.1 Å². The van der Waals surface area contributed by atoms with Crippen molar-refractivity contribution in [2.24, 2.45) is 28.6 Å². The Morgan fingerprint density at radius 2 is 2.04 bits per heavy atom. The molecule has 4 aliphatic rings. The SMILES string of the molecule is COC(=O)[C@H]1CC(S(=O)C[C@]23CC[C@H](C[C@H]2O)C3(C)C)=C2CCCC[C@H]2C1. The van der Waals surface area contributed by atoms with Crippen LogP contribution in [-0.4, -0.2) is 34.3 Å². The van der Waals surface area contributed by atoms with Gasteiger partial charge >= 0.3 is 5.97 Å². The lowest BCUT2D eigenvalue weighted by molar-refractivity contribution is -0.146. The van der Waals surface area contributed by atoms with Gasteiger partial charge < -0.3 is 9.84 Å². The zero-order valence-electron chi connectivity index (χ0n) is 17.0. The van der Waals surface area contributed by atoms with Gasteiger partial charge in [0, 0.05) is 26.9 Å². The lowest BCUT2D eigenvalue weighted by atomic mass is 9.70. The molecule has 152 valence electrons. The number of aliphatic hydroxyl groups excluding tert-OH is 1. The lowest BCUT2D eigenvalue weighted by Gasteiger charge is -2.41. The van der Waals surface area contributed by atoms with Gasteiger partial charge in [0.05, 0.1) is 19.1 Å². The fourth-order valence-electron chi connectivity index (χ4n) is 6.78. The number of carbonyl (C=O) groups excluding carboxylic acids is 1. The van der Waals surface area contributed by atoms with Gasteiger partial charge in [-0.1, -0.05) is 25.8 Å². The van der Waals surface area contributed by atoms with Crippen LogP contribution in [0.1, 0.15) is 71.6 Å². The summed E-state index contributed by atoms with van der Waals surface area (Å²) in [7, 11) is 0.331. The molecular formula is C22H34O4S. The standard InChI is InChI=1S/C22H34O4S/c1-21(2)16-8-9-22(21,19(23)12-16)13-27(25)18-11-15(20(24)26-3)10-14-6-4-5-7-17(14)18/h14-16,19,23H,4-13H2,1-3H3/t14-,15+,16+,19+,22+,27?/m0/s1. The Balaban J connectivity index is 1.63. The van der Waals surface area contributed by atoms with Gasteiger partial charge in [-0.25, -0.2) is 0 Å². The first-order chi connectivity index (χ1) is 12.8. The van der Waals surface area contributed by atoms with Crippen LogP contribution >= 0.6 is 0 Å². The van der Waals surface area contributed by atoms with Gasteiger partial charge in [-0.05, 0) is 68.6 Å². The first-order valence-electron chi connectivity index (χ1n) is 10.7. The second kappa shape index (κ2) is 6.98. The largest absolute Gasteiger partial charge is 0.469 e. The molecule has 0 aliphatic heterocycles. The predicted molar refractivity (Wildman–Crippen MR) is 106 cm³/mol. The minimum atomic E-state index is -1.12. The highest BCUT2D eigenvalue weighted by Gasteiger charge is 2.64. The van der Waals surface area contributed by atoms with Gasteiger partial charge in [0.25, 0.3) is 0 Å². The third kappa shape index (κ3) is 2.95. The van der Waals surface area contributed by atoms with E-state index in [1.54, 1.807) is 0 Å². The molecule has 0 aromatic rings. The Morgan fingerprint density at radius 3 is 2.67 bits per heavy atom. The van der Waals surface area contributed by atoms with E-state index >= 15 is 0 Å². The normalized spacial score (nSPS) is 41.3. The number of rotatable bonds is 4. The number of methoxy groups -OCH3 is 1. The summed E-state index contributed by atoms with van der Waals surface area (Å²) in [6.07, 6.45) is 8.55. The minimum Gasteiger partial charge on any atom is -0.469 e. The Labute approximate surface area is 165 Å². The maximum absolute atomic E-state index is 13.7. The number of hydrogen-bond donors (Lipinski definition) is 1. The molecule has 5 heteroatoms. The van der Waals surface area contributed by atoms with Crippen molar-refractivity contribution in [1.82, 2.24) is 0 Å². The minimum absolute atomic E-state index is 0.0374. The van der Waals surface area contributed by atoms with Gasteiger partial charge in [0.1, 0.15) is 0 Å². The van der Waals surface area contributed by atoms with E-state index in [0.717, 1.165) is 49.9 Å². The average molecular weight is 395 g/mol. The Morgan fingerprint density at radius 1 is 1.26 bits per heavy atom. The maximum atomic E-state index is 13.7. The first kappa shape index (κ1) is 19.6. The molecule has 2 bridgehead atoms. The van der Waals surface area contributed by atoms with Crippen LogP contribution in [0, 0.1) is 28.6 Å². The third-order valence-corrected chi connectivity index (χ3v) is 10.4. The first-order valence-corrected chi connectivity index (χ1v) is 12.0. The summed E-state index contributed by atoms with van der Waals surface area (Å²) in [6, 6.07) is 0. The topological polar surface area (TPSA) is 63.6 Å². The molecule has 0 saturated heterocycles. The Bertz CT molecular complexity index is 682. The van der Waals surface area contributed by atoms with E-state index in [2.05, 4.69) is 13.8 Å². The van der Waals surface area contributed by atoms with Gasteiger partial charge in [-0.15, -0.1) is 0 Å². The number of fused-ring (bicyclic) bond motifs is 3. The lowest BCUT2D eigenvalue weighted by Crippen LogP contribution is -2.44. The summed E-state index contributed by atoms with van der Waals surface area (Å²) < 4.78 is 18.7. The van der Waals surface area contributed by atoms with Gasteiger partial charge in [-0.3, -0.25) is 9.00 Å². The molecule has 4 rings (SSSR count). The quantitative estimate of drug-likeness (QED) is 0.734. The fraction of sp³-hybridized carbons (Fsp3) is 0.864. The molecule has 3 fully saturated rings. The third-order valence-electron chi connectivity index (χ3n) is 8.69. The second-order valence-electron chi connectivity index (χ2n) is 9.91. The van der Waals surface area contributed by atoms with Crippen molar-refractivity contribution in [3.8, 4) is 0 Å². The molecule has 0 radical (unpaired) electrons. The number of allylic oxidation sites excluding steroid dienone is 2. The van der Waals surface area contributed by atoms with Crippen molar-refractivity contribution < 1.29 is 18.8 Å². The summed E-state index contributed by atoms with van der Waals surface area (Å²) >= 11 is 0. The molecule has 0 aromatic carbocycles. The predicted octanol–water partition coefficient (Wildman–Crippen LogP) is 3.95. The summed E-state index contributed by atoms with van der Waals surface area (Å²) in [4.78, 5) is 13.3. The molecule has 0 spiro atoms.